The lowest BCUT2D eigenvalue weighted by Gasteiger charge is -2.29. The summed E-state index contributed by atoms with van der Waals surface area (Å²) >= 11 is 12.5. The smallest absolute Gasteiger partial charge is 0.268 e. The number of para-hydroxylation sites is 1. The summed E-state index contributed by atoms with van der Waals surface area (Å²) in [6.07, 6.45) is 10.8. The lowest BCUT2D eigenvalue weighted by atomic mass is 9.83. The standard InChI is InChI=1S/C22H15Cl2FN6O/c1-2-13-11-22(25,19(24)10-16(13)15-5-3-4-6-18(15)26)21(32)30-14-9-17(23)20(27-12-14)31-28-7-8-29-31/h1,3-10,12H,11,26H2,(H,30,32). The zero-order chi connectivity index (χ0) is 22.9. The second kappa shape index (κ2) is 8.46. The number of alkyl halides is 1. The van der Waals surface area contributed by atoms with Gasteiger partial charge in [-0.25, -0.2) is 9.37 Å². The number of nitrogens with one attached hydrogen (secondary N) is 1. The molecule has 160 valence electrons. The summed E-state index contributed by atoms with van der Waals surface area (Å²) in [7, 11) is 0. The molecule has 1 atom stereocenters. The van der Waals surface area contributed by atoms with Gasteiger partial charge in [0.25, 0.3) is 5.91 Å². The molecule has 32 heavy (non-hydrogen) atoms. The van der Waals surface area contributed by atoms with Gasteiger partial charge in [0.2, 0.25) is 5.67 Å². The third-order valence-electron chi connectivity index (χ3n) is 4.87. The number of amides is 1. The number of halogens is 3. The third-order valence-corrected chi connectivity index (χ3v) is 5.55. The van der Waals surface area contributed by atoms with Crippen LogP contribution < -0.4 is 11.1 Å². The fourth-order valence-electron chi connectivity index (χ4n) is 3.25. The van der Waals surface area contributed by atoms with E-state index in [1.165, 1.54) is 35.5 Å². The Bertz CT molecular complexity index is 1310. The molecule has 0 bridgehead atoms. The van der Waals surface area contributed by atoms with E-state index < -0.39 is 18.0 Å². The van der Waals surface area contributed by atoms with Crippen LogP contribution in [0.5, 0.6) is 0 Å². The zero-order valence-electron chi connectivity index (χ0n) is 16.4. The highest BCUT2D eigenvalue weighted by Gasteiger charge is 2.45. The van der Waals surface area contributed by atoms with Gasteiger partial charge in [-0.15, -0.1) is 11.2 Å². The number of carbonyl (C=O) groups excluding carboxylic acids is 1. The summed E-state index contributed by atoms with van der Waals surface area (Å²) in [6.45, 7) is 0. The van der Waals surface area contributed by atoms with Crippen molar-refractivity contribution in [3.05, 3.63) is 76.2 Å². The predicted molar refractivity (Wildman–Crippen MR) is 122 cm³/mol. The van der Waals surface area contributed by atoms with Gasteiger partial charge >= 0.3 is 0 Å². The van der Waals surface area contributed by atoms with Crippen LogP contribution in [0.2, 0.25) is 5.02 Å². The van der Waals surface area contributed by atoms with Crippen molar-refractivity contribution in [2.75, 3.05) is 11.1 Å². The Morgan fingerprint density at radius 3 is 2.66 bits per heavy atom. The molecule has 0 saturated carbocycles. The average Bonchev–Trinajstić information content (AvgIpc) is 3.30. The lowest BCUT2D eigenvalue weighted by molar-refractivity contribution is -0.124. The first-order valence-corrected chi connectivity index (χ1v) is 10.0. The van der Waals surface area contributed by atoms with Gasteiger partial charge in [0, 0.05) is 23.2 Å². The second-order valence-electron chi connectivity index (χ2n) is 6.90. The summed E-state index contributed by atoms with van der Waals surface area (Å²) in [5.41, 5.74) is 5.45. The number of nitrogens with two attached hydrogens (primary N) is 1. The van der Waals surface area contributed by atoms with E-state index in [0.717, 1.165) is 0 Å². The fourth-order valence-corrected chi connectivity index (χ4v) is 3.76. The SMILES string of the molecule is C#CC1=C(c2ccccc2N)C=C(Cl)C(F)(C(=O)Nc2cnc(-n3nccn3)c(Cl)c2)C1. The van der Waals surface area contributed by atoms with Crippen LogP contribution in [-0.2, 0) is 4.79 Å². The number of carbonyl (C=O) groups is 1. The minimum Gasteiger partial charge on any atom is -0.398 e. The number of anilines is 2. The number of hydrogen-bond donors (Lipinski definition) is 2. The van der Waals surface area contributed by atoms with E-state index in [0.29, 0.717) is 16.8 Å². The average molecular weight is 469 g/mol. The number of nitrogens with zero attached hydrogens (tertiary/aromatic N) is 4. The Morgan fingerprint density at radius 2 is 2.00 bits per heavy atom. The van der Waals surface area contributed by atoms with Gasteiger partial charge < -0.3 is 11.1 Å². The van der Waals surface area contributed by atoms with E-state index in [1.54, 1.807) is 24.3 Å². The first-order chi connectivity index (χ1) is 15.3. The Morgan fingerprint density at radius 1 is 1.28 bits per heavy atom. The molecule has 0 fully saturated rings. The maximum atomic E-state index is 15.8. The van der Waals surface area contributed by atoms with E-state index >= 15 is 4.39 Å². The number of benzene rings is 1. The van der Waals surface area contributed by atoms with Crippen molar-refractivity contribution in [2.45, 2.75) is 12.1 Å². The minimum atomic E-state index is -2.58. The van der Waals surface area contributed by atoms with Gasteiger partial charge in [0.1, 0.15) is 0 Å². The zero-order valence-corrected chi connectivity index (χ0v) is 17.9. The molecule has 10 heteroatoms. The minimum absolute atomic E-state index is 0.156. The molecule has 0 saturated heterocycles. The van der Waals surface area contributed by atoms with Crippen LogP contribution in [0.3, 0.4) is 0 Å². The molecular weight excluding hydrogens is 454 g/mol. The molecule has 3 N–H and O–H groups in total. The topological polar surface area (TPSA) is 98.7 Å². The number of rotatable bonds is 4. The Labute approximate surface area is 192 Å². The molecule has 1 aliphatic carbocycles. The summed E-state index contributed by atoms with van der Waals surface area (Å²) in [5.74, 6) is 1.70. The second-order valence-corrected chi connectivity index (χ2v) is 7.71. The molecule has 2 aromatic heterocycles. The maximum absolute atomic E-state index is 15.8. The first-order valence-electron chi connectivity index (χ1n) is 9.28. The molecular formula is C22H15Cl2FN6O. The number of pyridine rings is 1. The van der Waals surface area contributed by atoms with Crippen LogP contribution >= 0.6 is 23.2 Å². The summed E-state index contributed by atoms with van der Waals surface area (Å²) in [5, 5.41) is 10.2. The number of terminal acetylenes is 1. The molecule has 7 nitrogen and oxygen atoms in total. The molecule has 1 amide bonds. The Kier molecular flexibility index (Phi) is 5.70. The van der Waals surface area contributed by atoms with Crippen molar-refractivity contribution in [3.8, 4) is 18.2 Å². The quantitative estimate of drug-likeness (QED) is 0.442. The molecule has 3 aromatic rings. The molecule has 1 unspecified atom stereocenters. The normalized spacial score (nSPS) is 18.1. The van der Waals surface area contributed by atoms with Crippen LogP contribution in [0.25, 0.3) is 11.4 Å². The van der Waals surface area contributed by atoms with Crippen molar-refractivity contribution < 1.29 is 9.18 Å². The molecule has 4 rings (SSSR count). The first kappa shape index (κ1) is 21.6. The maximum Gasteiger partial charge on any atom is 0.268 e. The highest BCUT2D eigenvalue weighted by molar-refractivity contribution is 6.35. The lowest BCUT2D eigenvalue weighted by Crippen LogP contribution is -2.41. The molecule has 0 aliphatic heterocycles. The van der Waals surface area contributed by atoms with E-state index in [2.05, 4.69) is 26.4 Å². The van der Waals surface area contributed by atoms with Gasteiger partial charge in [-0.2, -0.15) is 10.2 Å². The largest absolute Gasteiger partial charge is 0.398 e. The number of hydrogen-bond acceptors (Lipinski definition) is 5. The predicted octanol–water partition coefficient (Wildman–Crippen LogP) is 4.16. The van der Waals surface area contributed by atoms with Crippen molar-refractivity contribution >= 4 is 46.1 Å². The van der Waals surface area contributed by atoms with Crippen LogP contribution in [0.15, 0.2) is 65.6 Å². The molecule has 0 radical (unpaired) electrons. The monoisotopic (exact) mass is 468 g/mol. The van der Waals surface area contributed by atoms with Crippen LogP contribution in [-0.4, -0.2) is 31.6 Å². The van der Waals surface area contributed by atoms with Gasteiger partial charge in [0.05, 0.1) is 34.3 Å². The molecule has 0 spiro atoms. The van der Waals surface area contributed by atoms with Crippen LogP contribution in [0.4, 0.5) is 15.8 Å². The van der Waals surface area contributed by atoms with Gasteiger partial charge in [-0.05, 0) is 23.8 Å². The van der Waals surface area contributed by atoms with Gasteiger partial charge in [-0.1, -0.05) is 47.3 Å². The summed E-state index contributed by atoms with van der Waals surface area (Å²) < 4.78 is 15.8. The van der Waals surface area contributed by atoms with Gasteiger partial charge in [-0.3, -0.25) is 4.79 Å². The van der Waals surface area contributed by atoms with Crippen LogP contribution in [0.1, 0.15) is 12.0 Å². The Hall–Kier alpha value is -3.67. The fraction of sp³-hybridized carbons (Fsp3) is 0.0909. The highest BCUT2D eigenvalue weighted by Crippen LogP contribution is 2.43. The molecule has 2 heterocycles. The molecule has 1 aromatic carbocycles. The van der Waals surface area contributed by atoms with E-state index in [9.17, 15) is 4.79 Å². The van der Waals surface area contributed by atoms with Gasteiger partial charge in [0.15, 0.2) is 5.82 Å². The van der Waals surface area contributed by atoms with Crippen molar-refractivity contribution in [3.63, 3.8) is 0 Å². The number of aromatic nitrogens is 4. The van der Waals surface area contributed by atoms with E-state index in [1.807, 2.05) is 0 Å². The Balaban J connectivity index is 1.61. The van der Waals surface area contributed by atoms with Crippen molar-refractivity contribution in [1.29, 1.82) is 0 Å². The third kappa shape index (κ3) is 3.84. The van der Waals surface area contributed by atoms with E-state index in [4.69, 9.17) is 35.4 Å². The van der Waals surface area contributed by atoms with E-state index in [-0.39, 0.29) is 27.1 Å². The van der Waals surface area contributed by atoms with Crippen molar-refractivity contribution in [1.82, 2.24) is 20.0 Å². The van der Waals surface area contributed by atoms with Crippen LogP contribution in [0, 0.1) is 12.3 Å². The summed E-state index contributed by atoms with van der Waals surface area (Å²) in [4.78, 5) is 18.2. The highest BCUT2D eigenvalue weighted by atomic mass is 35.5. The number of allylic oxidation sites excluding steroid dienone is 3. The number of nitrogen functional groups attached to an aromatic ring is 1. The van der Waals surface area contributed by atoms with Crippen molar-refractivity contribution in [2.24, 2.45) is 0 Å². The summed E-state index contributed by atoms with van der Waals surface area (Å²) in [6, 6.07) is 8.39. The molecule has 1 aliphatic rings.